The van der Waals surface area contributed by atoms with Crippen molar-refractivity contribution in [3.63, 3.8) is 0 Å². The van der Waals surface area contributed by atoms with Crippen molar-refractivity contribution in [1.29, 1.82) is 5.26 Å². The molecule has 150 valence electrons. The lowest BCUT2D eigenvalue weighted by Gasteiger charge is -2.33. The summed E-state index contributed by atoms with van der Waals surface area (Å²) in [6.07, 6.45) is 0. The molecule has 1 saturated heterocycles. The highest BCUT2D eigenvalue weighted by molar-refractivity contribution is 7.18. The molecule has 29 heavy (non-hydrogen) atoms. The molecule has 0 saturated carbocycles. The van der Waals surface area contributed by atoms with Gasteiger partial charge in [0.1, 0.15) is 16.1 Å². The SMILES string of the molecule is Cc1sc(NC(=O)CN2CCN(Cc3nc4ccccc4s3)CC2)c(C#N)c1C. The van der Waals surface area contributed by atoms with Crippen LogP contribution in [0.25, 0.3) is 10.2 Å². The third-order valence-corrected chi connectivity index (χ3v) is 7.42. The number of benzene rings is 1. The monoisotopic (exact) mass is 425 g/mol. The summed E-state index contributed by atoms with van der Waals surface area (Å²) in [6, 6.07) is 10.4. The lowest BCUT2D eigenvalue weighted by Crippen LogP contribution is -2.48. The van der Waals surface area contributed by atoms with Crippen molar-refractivity contribution in [2.75, 3.05) is 38.0 Å². The molecule has 0 atom stereocenters. The minimum absolute atomic E-state index is 0.0534. The summed E-state index contributed by atoms with van der Waals surface area (Å²) in [6.45, 7) is 8.66. The quantitative estimate of drug-likeness (QED) is 0.676. The van der Waals surface area contributed by atoms with Crippen LogP contribution in [0, 0.1) is 25.2 Å². The number of para-hydroxylation sites is 1. The average molecular weight is 426 g/mol. The van der Waals surface area contributed by atoms with Gasteiger partial charge in [-0.05, 0) is 31.5 Å². The van der Waals surface area contributed by atoms with Gasteiger partial charge < -0.3 is 5.32 Å². The zero-order valence-corrected chi connectivity index (χ0v) is 18.2. The first-order valence-corrected chi connectivity index (χ1v) is 11.3. The average Bonchev–Trinajstić information content (AvgIpc) is 3.23. The number of aryl methyl sites for hydroxylation is 1. The van der Waals surface area contributed by atoms with Gasteiger partial charge in [0.25, 0.3) is 0 Å². The number of thiophene rings is 1. The Balaban J connectivity index is 1.28. The van der Waals surface area contributed by atoms with E-state index in [2.05, 4.69) is 33.3 Å². The highest BCUT2D eigenvalue weighted by atomic mass is 32.1. The molecule has 2 aromatic heterocycles. The Kier molecular flexibility index (Phi) is 5.92. The lowest BCUT2D eigenvalue weighted by atomic mass is 10.2. The molecule has 6 nitrogen and oxygen atoms in total. The molecule has 1 aliphatic rings. The van der Waals surface area contributed by atoms with Gasteiger partial charge in [-0.1, -0.05) is 12.1 Å². The van der Waals surface area contributed by atoms with Gasteiger partial charge in [-0.2, -0.15) is 5.26 Å². The van der Waals surface area contributed by atoms with Crippen molar-refractivity contribution in [1.82, 2.24) is 14.8 Å². The number of hydrogen-bond donors (Lipinski definition) is 1. The Hall–Kier alpha value is -2.31. The van der Waals surface area contributed by atoms with Crippen molar-refractivity contribution in [3.05, 3.63) is 45.3 Å². The standard InChI is InChI=1S/C21H23N5OS2/c1-14-15(2)28-21(16(14)11-22)24-19(27)12-25-7-9-26(10-8-25)13-20-23-17-5-3-4-6-18(17)29-20/h3-6H,7-10,12-13H2,1-2H3,(H,24,27). The number of piperazine rings is 1. The molecule has 0 unspecified atom stereocenters. The van der Waals surface area contributed by atoms with Crippen LogP contribution in [0.3, 0.4) is 0 Å². The van der Waals surface area contributed by atoms with Crippen molar-refractivity contribution < 1.29 is 4.79 Å². The number of amides is 1. The molecule has 8 heteroatoms. The Labute approximate surface area is 178 Å². The first-order valence-electron chi connectivity index (χ1n) is 9.62. The molecule has 1 fully saturated rings. The zero-order valence-electron chi connectivity index (χ0n) is 16.6. The van der Waals surface area contributed by atoms with Crippen LogP contribution in [0.2, 0.25) is 0 Å². The molecule has 1 amide bonds. The Morgan fingerprint density at radius 2 is 1.90 bits per heavy atom. The van der Waals surface area contributed by atoms with Gasteiger partial charge in [-0.3, -0.25) is 14.6 Å². The third kappa shape index (κ3) is 4.49. The van der Waals surface area contributed by atoms with Crippen LogP contribution >= 0.6 is 22.7 Å². The summed E-state index contributed by atoms with van der Waals surface area (Å²) in [7, 11) is 0. The van der Waals surface area contributed by atoms with Crippen molar-refractivity contribution in [2.45, 2.75) is 20.4 Å². The largest absolute Gasteiger partial charge is 0.315 e. The maximum atomic E-state index is 12.5. The summed E-state index contributed by atoms with van der Waals surface area (Å²) in [5.41, 5.74) is 2.61. The van der Waals surface area contributed by atoms with E-state index in [-0.39, 0.29) is 5.91 Å². The summed E-state index contributed by atoms with van der Waals surface area (Å²) < 4.78 is 1.23. The Bertz CT molecular complexity index is 1040. The van der Waals surface area contributed by atoms with Gasteiger partial charge in [-0.15, -0.1) is 22.7 Å². The van der Waals surface area contributed by atoms with Crippen LogP contribution in [0.1, 0.15) is 21.0 Å². The first kappa shape index (κ1) is 20.0. The van der Waals surface area contributed by atoms with Gasteiger partial charge >= 0.3 is 0 Å². The fourth-order valence-corrected chi connectivity index (χ4v) is 5.54. The second kappa shape index (κ2) is 8.59. The molecular weight excluding hydrogens is 402 g/mol. The number of thiazole rings is 1. The number of carbonyl (C=O) groups excluding carboxylic acids is 1. The molecule has 0 spiro atoms. The van der Waals surface area contributed by atoms with Gasteiger partial charge in [0.2, 0.25) is 5.91 Å². The van der Waals surface area contributed by atoms with Gasteiger partial charge in [-0.25, -0.2) is 4.98 Å². The number of nitriles is 1. The Morgan fingerprint density at radius 3 is 2.62 bits per heavy atom. The summed E-state index contributed by atoms with van der Waals surface area (Å²) in [5, 5.41) is 14.1. The molecule has 1 aromatic carbocycles. The molecule has 4 rings (SSSR count). The molecule has 1 aliphatic heterocycles. The topological polar surface area (TPSA) is 72.3 Å². The highest BCUT2D eigenvalue weighted by Crippen LogP contribution is 2.31. The normalized spacial score (nSPS) is 15.5. The van der Waals surface area contributed by atoms with Crippen LogP contribution in [-0.2, 0) is 11.3 Å². The van der Waals surface area contributed by atoms with Gasteiger partial charge in [0.15, 0.2) is 0 Å². The maximum absolute atomic E-state index is 12.5. The van der Waals surface area contributed by atoms with Crippen molar-refractivity contribution >= 4 is 43.8 Å². The number of anilines is 1. The fraction of sp³-hybridized carbons (Fsp3) is 0.381. The van der Waals surface area contributed by atoms with Crippen LogP contribution in [0.4, 0.5) is 5.00 Å². The number of carbonyl (C=O) groups is 1. The van der Waals surface area contributed by atoms with E-state index < -0.39 is 0 Å². The predicted molar refractivity (Wildman–Crippen MR) is 118 cm³/mol. The molecule has 3 aromatic rings. The van der Waals surface area contributed by atoms with E-state index in [0.717, 1.165) is 53.7 Å². The number of hydrogen-bond acceptors (Lipinski definition) is 7. The van der Waals surface area contributed by atoms with Crippen LogP contribution < -0.4 is 5.32 Å². The third-order valence-electron chi connectivity index (χ3n) is 5.28. The van der Waals surface area contributed by atoms with E-state index in [4.69, 9.17) is 4.98 Å². The van der Waals surface area contributed by atoms with Crippen molar-refractivity contribution in [3.8, 4) is 6.07 Å². The van der Waals surface area contributed by atoms with E-state index >= 15 is 0 Å². The molecule has 1 N–H and O–H groups in total. The van der Waals surface area contributed by atoms with Crippen LogP contribution in [-0.4, -0.2) is 53.4 Å². The molecular formula is C21H23N5OS2. The predicted octanol–water partition coefficient (Wildman–Crippen LogP) is 3.60. The number of fused-ring (bicyclic) bond motifs is 1. The maximum Gasteiger partial charge on any atom is 0.239 e. The fourth-order valence-electron chi connectivity index (χ4n) is 3.50. The van der Waals surface area contributed by atoms with Crippen molar-refractivity contribution in [2.24, 2.45) is 0 Å². The number of rotatable bonds is 5. The van der Waals surface area contributed by atoms with E-state index in [0.29, 0.717) is 17.1 Å². The zero-order chi connectivity index (χ0) is 20.4. The molecule has 0 bridgehead atoms. The van der Waals surface area contributed by atoms with E-state index in [1.54, 1.807) is 11.3 Å². The first-order chi connectivity index (χ1) is 14.0. The lowest BCUT2D eigenvalue weighted by molar-refractivity contribution is -0.117. The summed E-state index contributed by atoms with van der Waals surface area (Å²) >= 11 is 3.23. The molecule has 0 radical (unpaired) electrons. The number of nitrogens with one attached hydrogen (secondary N) is 1. The van der Waals surface area contributed by atoms with Crippen LogP contribution in [0.5, 0.6) is 0 Å². The molecule has 3 heterocycles. The van der Waals surface area contributed by atoms with E-state index in [9.17, 15) is 10.1 Å². The summed E-state index contributed by atoms with van der Waals surface area (Å²) in [5.74, 6) is -0.0534. The smallest absolute Gasteiger partial charge is 0.239 e. The van der Waals surface area contributed by atoms with Gasteiger partial charge in [0, 0.05) is 31.1 Å². The number of aromatic nitrogens is 1. The minimum atomic E-state index is -0.0534. The highest BCUT2D eigenvalue weighted by Gasteiger charge is 2.21. The minimum Gasteiger partial charge on any atom is -0.315 e. The van der Waals surface area contributed by atoms with E-state index in [1.165, 1.54) is 16.0 Å². The van der Waals surface area contributed by atoms with Gasteiger partial charge in [0.05, 0.1) is 28.9 Å². The summed E-state index contributed by atoms with van der Waals surface area (Å²) in [4.78, 5) is 22.8. The second-order valence-corrected chi connectivity index (χ2v) is 9.61. The molecule has 0 aliphatic carbocycles. The number of nitrogens with zero attached hydrogens (tertiary/aromatic N) is 4. The van der Waals surface area contributed by atoms with Crippen LogP contribution in [0.15, 0.2) is 24.3 Å². The second-order valence-electron chi connectivity index (χ2n) is 7.27. The Morgan fingerprint density at radius 1 is 1.17 bits per heavy atom. The van der Waals surface area contributed by atoms with E-state index in [1.807, 2.05) is 26.0 Å².